The van der Waals surface area contributed by atoms with Crippen LogP contribution in [0.4, 0.5) is 8.78 Å². The molecule has 2 N–H and O–H groups in total. The molecule has 0 aliphatic rings. The van der Waals surface area contributed by atoms with Crippen LogP contribution in [0.3, 0.4) is 0 Å². The van der Waals surface area contributed by atoms with Crippen molar-refractivity contribution in [2.45, 2.75) is 13.2 Å². The number of hydrogen-bond donors (Lipinski definition) is 1. The summed E-state index contributed by atoms with van der Waals surface area (Å²) in [6.07, 6.45) is 0. The Morgan fingerprint density at radius 3 is 2.29 bits per heavy atom. The van der Waals surface area contributed by atoms with Crippen molar-refractivity contribution in [2.75, 3.05) is 0 Å². The Balaban J connectivity index is 2.01. The SMILES string of the molecule is NCc1ccc(COc2cc(F)cc(F)c2)o1. The van der Waals surface area contributed by atoms with Crippen LogP contribution in [0, 0.1) is 11.6 Å². The summed E-state index contributed by atoms with van der Waals surface area (Å²) < 4.78 is 36.2. The van der Waals surface area contributed by atoms with E-state index in [1.807, 2.05) is 0 Å². The zero-order valence-corrected chi connectivity index (χ0v) is 8.95. The number of hydrogen-bond acceptors (Lipinski definition) is 3. The molecule has 0 aliphatic carbocycles. The minimum atomic E-state index is -0.679. The van der Waals surface area contributed by atoms with E-state index in [9.17, 15) is 8.78 Å². The average molecular weight is 239 g/mol. The van der Waals surface area contributed by atoms with Crippen LogP contribution in [0.5, 0.6) is 5.75 Å². The minimum absolute atomic E-state index is 0.100. The molecule has 0 atom stereocenters. The number of benzene rings is 1. The molecule has 0 unspecified atom stereocenters. The van der Waals surface area contributed by atoms with Gasteiger partial charge in [-0.1, -0.05) is 0 Å². The summed E-state index contributed by atoms with van der Waals surface area (Å²) in [6, 6.07) is 6.43. The summed E-state index contributed by atoms with van der Waals surface area (Å²) in [4.78, 5) is 0. The first-order valence-corrected chi connectivity index (χ1v) is 5.04. The van der Waals surface area contributed by atoms with Crippen LogP contribution in [0.2, 0.25) is 0 Å². The van der Waals surface area contributed by atoms with E-state index in [1.165, 1.54) is 0 Å². The number of rotatable bonds is 4. The van der Waals surface area contributed by atoms with Crippen molar-refractivity contribution in [1.82, 2.24) is 0 Å². The quantitative estimate of drug-likeness (QED) is 0.892. The highest BCUT2D eigenvalue weighted by Crippen LogP contribution is 2.17. The maximum absolute atomic E-state index is 12.9. The van der Waals surface area contributed by atoms with Crippen molar-refractivity contribution in [3.63, 3.8) is 0 Å². The van der Waals surface area contributed by atoms with Crippen molar-refractivity contribution < 1.29 is 17.9 Å². The zero-order valence-electron chi connectivity index (χ0n) is 8.95. The predicted octanol–water partition coefficient (Wildman–Crippen LogP) is 2.60. The molecule has 0 aliphatic heterocycles. The Hall–Kier alpha value is -1.88. The van der Waals surface area contributed by atoms with Crippen molar-refractivity contribution >= 4 is 0 Å². The van der Waals surface area contributed by atoms with E-state index in [-0.39, 0.29) is 12.4 Å². The normalized spacial score (nSPS) is 10.5. The van der Waals surface area contributed by atoms with E-state index in [4.69, 9.17) is 14.9 Å². The molecule has 5 heteroatoms. The van der Waals surface area contributed by atoms with Gasteiger partial charge in [0.15, 0.2) is 0 Å². The topological polar surface area (TPSA) is 48.4 Å². The molecule has 0 bridgehead atoms. The van der Waals surface area contributed by atoms with Gasteiger partial charge in [0.1, 0.15) is 35.5 Å². The Morgan fingerprint density at radius 2 is 1.71 bits per heavy atom. The first kappa shape index (κ1) is 11.6. The van der Waals surface area contributed by atoms with E-state index in [0.29, 0.717) is 18.1 Å². The molecular formula is C12H11F2NO2. The zero-order chi connectivity index (χ0) is 12.3. The van der Waals surface area contributed by atoms with Gasteiger partial charge in [-0.2, -0.15) is 0 Å². The molecule has 17 heavy (non-hydrogen) atoms. The highest BCUT2D eigenvalue weighted by atomic mass is 19.1. The fourth-order valence-corrected chi connectivity index (χ4v) is 1.38. The van der Waals surface area contributed by atoms with Crippen LogP contribution >= 0.6 is 0 Å². The van der Waals surface area contributed by atoms with Gasteiger partial charge in [0.25, 0.3) is 0 Å². The van der Waals surface area contributed by atoms with E-state index in [0.717, 1.165) is 18.2 Å². The largest absolute Gasteiger partial charge is 0.485 e. The Bertz CT molecular complexity index is 491. The second-order valence-electron chi connectivity index (χ2n) is 3.47. The fraction of sp³-hybridized carbons (Fsp3) is 0.167. The lowest BCUT2D eigenvalue weighted by Gasteiger charge is -2.04. The maximum atomic E-state index is 12.9. The van der Waals surface area contributed by atoms with Crippen molar-refractivity contribution in [2.24, 2.45) is 5.73 Å². The molecule has 1 heterocycles. The Morgan fingerprint density at radius 1 is 1.06 bits per heavy atom. The third-order valence-electron chi connectivity index (χ3n) is 2.14. The molecule has 1 aromatic carbocycles. The Kier molecular flexibility index (Phi) is 3.39. The second kappa shape index (κ2) is 4.97. The van der Waals surface area contributed by atoms with Gasteiger partial charge in [0.2, 0.25) is 0 Å². The number of nitrogens with two attached hydrogens (primary N) is 1. The summed E-state index contributed by atoms with van der Waals surface area (Å²) in [7, 11) is 0. The van der Waals surface area contributed by atoms with Crippen LogP contribution in [0.1, 0.15) is 11.5 Å². The highest BCUT2D eigenvalue weighted by Gasteiger charge is 2.04. The first-order valence-electron chi connectivity index (χ1n) is 5.04. The molecule has 2 aromatic rings. The fourth-order valence-electron chi connectivity index (χ4n) is 1.38. The van der Waals surface area contributed by atoms with Gasteiger partial charge in [-0.05, 0) is 12.1 Å². The van der Waals surface area contributed by atoms with E-state index < -0.39 is 11.6 Å². The molecule has 0 saturated heterocycles. The highest BCUT2D eigenvalue weighted by molar-refractivity contribution is 5.24. The van der Waals surface area contributed by atoms with Gasteiger partial charge in [-0.15, -0.1) is 0 Å². The summed E-state index contributed by atoms with van der Waals surface area (Å²) in [6.45, 7) is 0.400. The summed E-state index contributed by atoms with van der Waals surface area (Å²) in [5.41, 5.74) is 5.38. The molecule has 1 aromatic heterocycles. The molecule has 0 saturated carbocycles. The molecule has 2 rings (SSSR count). The second-order valence-corrected chi connectivity index (χ2v) is 3.47. The van der Waals surface area contributed by atoms with Gasteiger partial charge < -0.3 is 14.9 Å². The van der Waals surface area contributed by atoms with Gasteiger partial charge >= 0.3 is 0 Å². The maximum Gasteiger partial charge on any atom is 0.146 e. The van der Waals surface area contributed by atoms with Crippen molar-refractivity contribution in [1.29, 1.82) is 0 Å². The summed E-state index contributed by atoms with van der Waals surface area (Å²) in [5, 5.41) is 0. The molecule has 0 radical (unpaired) electrons. The Labute approximate surface area is 96.8 Å². The van der Waals surface area contributed by atoms with Crippen LogP contribution < -0.4 is 10.5 Å². The predicted molar refractivity (Wildman–Crippen MR) is 57.3 cm³/mol. The smallest absolute Gasteiger partial charge is 0.146 e. The van der Waals surface area contributed by atoms with E-state index in [2.05, 4.69) is 0 Å². The lowest BCUT2D eigenvalue weighted by molar-refractivity contribution is 0.264. The lowest BCUT2D eigenvalue weighted by Crippen LogP contribution is -1.96. The summed E-state index contributed by atoms with van der Waals surface area (Å²) >= 11 is 0. The molecule has 0 fully saturated rings. The van der Waals surface area contributed by atoms with Crippen LogP contribution in [0.25, 0.3) is 0 Å². The van der Waals surface area contributed by atoms with Crippen molar-refractivity contribution in [3.8, 4) is 5.75 Å². The number of furan rings is 1. The van der Waals surface area contributed by atoms with E-state index >= 15 is 0 Å². The van der Waals surface area contributed by atoms with Crippen LogP contribution in [0.15, 0.2) is 34.7 Å². The van der Waals surface area contributed by atoms with Gasteiger partial charge in [0, 0.05) is 18.2 Å². The van der Waals surface area contributed by atoms with Crippen molar-refractivity contribution in [3.05, 3.63) is 53.5 Å². The van der Waals surface area contributed by atoms with Crippen LogP contribution in [-0.2, 0) is 13.2 Å². The van der Waals surface area contributed by atoms with Crippen LogP contribution in [-0.4, -0.2) is 0 Å². The van der Waals surface area contributed by atoms with Gasteiger partial charge in [-0.3, -0.25) is 0 Å². The monoisotopic (exact) mass is 239 g/mol. The number of halogens is 2. The first-order chi connectivity index (χ1) is 8.17. The van der Waals surface area contributed by atoms with Gasteiger partial charge in [-0.25, -0.2) is 8.78 Å². The molecule has 3 nitrogen and oxygen atoms in total. The van der Waals surface area contributed by atoms with Gasteiger partial charge in [0.05, 0.1) is 6.54 Å². The molecule has 90 valence electrons. The third-order valence-corrected chi connectivity index (χ3v) is 2.14. The number of ether oxygens (including phenoxy) is 1. The lowest BCUT2D eigenvalue weighted by atomic mass is 10.3. The minimum Gasteiger partial charge on any atom is -0.485 e. The summed E-state index contributed by atoms with van der Waals surface area (Å²) in [5.74, 6) is -0.0541. The molecule has 0 spiro atoms. The molecule has 0 amide bonds. The standard InChI is InChI=1S/C12H11F2NO2/c13-8-3-9(14)5-12(4-8)16-7-11-2-1-10(6-15)17-11/h1-5H,6-7,15H2. The molecular weight excluding hydrogens is 228 g/mol. The average Bonchev–Trinajstić information content (AvgIpc) is 2.73. The van der Waals surface area contributed by atoms with E-state index in [1.54, 1.807) is 12.1 Å². The third kappa shape index (κ3) is 3.04.